The van der Waals surface area contributed by atoms with Crippen LogP contribution >= 0.6 is 0 Å². The van der Waals surface area contributed by atoms with Gasteiger partial charge in [0.1, 0.15) is 17.8 Å². The number of halogens is 6. The van der Waals surface area contributed by atoms with Gasteiger partial charge < -0.3 is 10.1 Å². The Morgan fingerprint density at radius 3 is 2.00 bits per heavy atom. The molecule has 1 saturated carbocycles. The highest BCUT2D eigenvalue weighted by Crippen LogP contribution is 2.43. The average molecular weight is 530 g/mol. The standard InChI is InChI=1S/C27H33F6N3O/c1-37-23-14-8-7-13-21(23)22(16-34-15-19-9-3-2-4-10-19)35-17-24(26(28,29)30)36(20-11-5-6-12-20)25(18-35)27(31,32)33/h2-4,7-10,13-14,20,22,24-25,34H,5-6,11-12,15-18H2,1H3. The average Bonchev–Trinajstić information content (AvgIpc) is 3.40. The summed E-state index contributed by atoms with van der Waals surface area (Å²) in [6.45, 7) is -0.488. The Balaban J connectivity index is 1.68. The van der Waals surface area contributed by atoms with E-state index in [0.29, 0.717) is 43.5 Å². The van der Waals surface area contributed by atoms with Crippen LogP contribution < -0.4 is 10.1 Å². The first-order valence-electron chi connectivity index (χ1n) is 12.6. The molecular weight excluding hydrogens is 496 g/mol. The third kappa shape index (κ3) is 6.59. The van der Waals surface area contributed by atoms with E-state index in [4.69, 9.17) is 4.74 Å². The van der Waals surface area contributed by atoms with Gasteiger partial charge in [-0.25, -0.2) is 0 Å². The van der Waals surface area contributed by atoms with E-state index in [1.807, 2.05) is 30.3 Å². The number of piperazine rings is 1. The maximum atomic E-state index is 14.4. The molecule has 2 aromatic carbocycles. The number of rotatable bonds is 8. The first-order chi connectivity index (χ1) is 17.6. The number of hydrogen-bond acceptors (Lipinski definition) is 4. The maximum absolute atomic E-state index is 14.4. The van der Waals surface area contributed by atoms with Gasteiger partial charge in [-0.15, -0.1) is 0 Å². The van der Waals surface area contributed by atoms with E-state index in [0.717, 1.165) is 10.5 Å². The number of hydrogen-bond donors (Lipinski definition) is 1. The van der Waals surface area contributed by atoms with E-state index in [1.165, 1.54) is 12.0 Å². The van der Waals surface area contributed by atoms with Crippen molar-refractivity contribution in [2.24, 2.45) is 0 Å². The van der Waals surface area contributed by atoms with E-state index in [2.05, 4.69) is 5.32 Å². The van der Waals surface area contributed by atoms with Crippen LogP contribution in [0.4, 0.5) is 26.3 Å². The van der Waals surface area contributed by atoms with Gasteiger partial charge in [0.05, 0.1) is 13.2 Å². The number of nitrogens with zero attached hydrogens (tertiary/aromatic N) is 2. The van der Waals surface area contributed by atoms with Gasteiger partial charge in [0.25, 0.3) is 0 Å². The first-order valence-corrected chi connectivity index (χ1v) is 12.6. The molecule has 1 heterocycles. The van der Waals surface area contributed by atoms with Gasteiger partial charge in [-0.1, -0.05) is 61.4 Å². The van der Waals surface area contributed by atoms with Crippen molar-refractivity contribution < 1.29 is 31.1 Å². The molecule has 3 unspecified atom stereocenters. The lowest BCUT2D eigenvalue weighted by Gasteiger charge is -2.52. The van der Waals surface area contributed by atoms with Crippen LogP contribution in [-0.4, -0.2) is 67.0 Å². The number of ether oxygens (including phenoxy) is 1. The Kier molecular flexibility index (Phi) is 8.70. The van der Waals surface area contributed by atoms with Crippen molar-refractivity contribution in [3.8, 4) is 5.75 Å². The predicted octanol–water partition coefficient (Wildman–Crippen LogP) is 5.95. The van der Waals surface area contributed by atoms with Crippen molar-refractivity contribution >= 4 is 0 Å². The van der Waals surface area contributed by atoms with Crippen molar-refractivity contribution in [2.75, 3.05) is 26.7 Å². The molecule has 1 saturated heterocycles. The molecule has 4 rings (SSSR count). The van der Waals surface area contributed by atoms with E-state index in [9.17, 15) is 26.3 Å². The first kappa shape index (κ1) is 27.7. The molecule has 0 aromatic heterocycles. The summed E-state index contributed by atoms with van der Waals surface area (Å²) in [4.78, 5) is 2.08. The molecule has 0 spiro atoms. The zero-order chi connectivity index (χ0) is 26.6. The molecule has 0 amide bonds. The van der Waals surface area contributed by atoms with Gasteiger partial charge in [-0.05, 0) is 24.5 Å². The maximum Gasteiger partial charge on any atom is 0.405 e. The molecule has 1 aliphatic heterocycles. The smallest absolute Gasteiger partial charge is 0.405 e. The van der Waals surface area contributed by atoms with Gasteiger partial charge in [0, 0.05) is 37.8 Å². The third-order valence-electron chi connectivity index (χ3n) is 7.49. The lowest BCUT2D eigenvalue weighted by molar-refractivity contribution is -0.264. The van der Waals surface area contributed by atoms with Crippen LogP contribution in [-0.2, 0) is 6.54 Å². The molecule has 2 fully saturated rings. The van der Waals surface area contributed by atoms with Gasteiger partial charge >= 0.3 is 12.4 Å². The van der Waals surface area contributed by atoms with Crippen molar-refractivity contribution in [1.82, 2.24) is 15.1 Å². The van der Waals surface area contributed by atoms with Crippen molar-refractivity contribution in [1.29, 1.82) is 0 Å². The minimum Gasteiger partial charge on any atom is -0.496 e. The lowest BCUT2D eigenvalue weighted by Crippen LogP contribution is -2.69. The third-order valence-corrected chi connectivity index (χ3v) is 7.49. The normalized spacial score (nSPS) is 23.3. The second-order valence-electron chi connectivity index (χ2n) is 9.83. The van der Waals surface area contributed by atoms with Crippen LogP contribution in [0.1, 0.15) is 42.9 Å². The van der Waals surface area contributed by atoms with Crippen LogP contribution in [0, 0.1) is 0 Å². The van der Waals surface area contributed by atoms with Crippen molar-refractivity contribution in [3.05, 3.63) is 65.7 Å². The van der Waals surface area contributed by atoms with E-state index >= 15 is 0 Å². The van der Waals surface area contributed by atoms with Gasteiger partial charge in [0.15, 0.2) is 0 Å². The number of alkyl halides is 6. The van der Waals surface area contributed by atoms with Crippen LogP contribution in [0.5, 0.6) is 5.75 Å². The highest BCUT2D eigenvalue weighted by molar-refractivity contribution is 5.36. The van der Waals surface area contributed by atoms with Crippen LogP contribution in [0.15, 0.2) is 54.6 Å². The molecule has 2 aliphatic rings. The summed E-state index contributed by atoms with van der Waals surface area (Å²) in [7, 11) is 1.45. The summed E-state index contributed by atoms with van der Waals surface area (Å²) in [6.07, 6.45) is -7.59. The molecule has 1 N–H and O–H groups in total. The Hall–Kier alpha value is -2.30. The Morgan fingerprint density at radius 1 is 0.865 bits per heavy atom. The number of para-hydroxylation sites is 1. The fraction of sp³-hybridized carbons (Fsp3) is 0.556. The molecule has 37 heavy (non-hydrogen) atoms. The lowest BCUT2D eigenvalue weighted by atomic mass is 9.95. The molecule has 1 aliphatic carbocycles. The zero-order valence-electron chi connectivity index (χ0n) is 20.7. The molecule has 10 heteroatoms. The minimum absolute atomic E-state index is 0.161. The highest BCUT2D eigenvalue weighted by atomic mass is 19.4. The molecule has 0 bridgehead atoms. The summed E-state index contributed by atoms with van der Waals surface area (Å²) >= 11 is 0. The molecule has 204 valence electrons. The number of benzene rings is 2. The van der Waals surface area contributed by atoms with E-state index < -0.39 is 49.6 Å². The minimum atomic E-state index is -4.80. The van der Waals surface area contributed by atoms with E-state index in [1.54, 1.807) is 24.3 Å². The summed E-state index contributed by atoms with van der Waals surface area (Å²) in [5.41, 5.74) is 1.52. The van der Waals surface area contributed by atoms with Crippen LogP contribution in [0.2, 0.25) is 0 Å². The molecule has 0 radical (unpaired) electrons. The summed E-state index contributed by atoms with van der Waals surface area (Å²) in [6, 6.07) is 10.4. The van der Waals surface area contributed by atoms with Gasteiger partial charge in [-0.2, -0.15) is 26.3 Å². The predicted molar refractivity (Wildman–Crippen MR) is 129 cm³/mol. The van der Waals surface area contributed by atoms with Crippen molar-refractivity contribution in [3.63, 3.8) is 0 Å². The molecule has 3 atom stereocenters. The fourth-order valence-electron chi connectivity index (χ4n) is 5.76. The Bertz CT molecular complexity index is 970. The summed E-state index contributed by atoms with van der Waals surface area (Å²) in [5.74, 6) is 0.430. The fourth-order valence-corrected chi connectivity index (χ4v) is 5.76. The monoisotopic (exact) mass is 529 g/mol. The number of nitrogens with one attached hydrogen (secondary N) is 1. The number of methoxy groups -OCH3 is 1. The topological polar surface area (TPSA) is 27.7 Å². The highest BCUT2D eigenvalue weighted by Gasteiger charge is 2.59. The summed E-state index contributed by atoms with van der Waals surface area (Å²) < 4.78 is 91.8. The van der Waals surface area contributed by atoms with Crippen molar-refractivity contribution in [2.45, 2.75) is 68.7 Å². The summed E-state index contributed by atoms with van der Waals surface area (Å²) in [5, 5.41) is 3.25. The largest absolute Gasteiger partial charge is 0.496 e. The molecular formula is C27H33F6N3O. The second-order valence-corrected chi connectivity index (χ2v) is 9.83. The SMILES string of the molecule is COc1ccccc1C(CNCc1ccccc1)N1CC(C(F)(F)F)N(C2CCCC2)C(C(F)(F)F)C1. The Labute approximate surface area is 213 Å². The molecule has 2 aromatic rings. The van der Waals surface area contributed by atoms with Crippen LogP contribution in [0.25, 0.3) is 0 Å². The quantitative estimate of drug-likeness (QED) is 0.428. The van der Waals surface area contributed by atoms with E-state index in [-0.39, 0.29) is 6.54 Å². The Morgan fingerprint density at radius 2 is 1.43 bits per heavy atom. The van der Waals surface area contributed by atoms with Gasteiger partial charge in [-0.3, -0.25) is 9.80 Å². The second kappa shape index (κ2) is 11.6. The van der Waals surface area contributed by atoms with Crippen LogP contribution in [0.3, 0.4) is 0 Å². The van der Waals surface area contributed by atoms with Gasteiger partial charge in [0.2, 0.25) is 0 Å². The molecule has 4 nitrogen and oxygen atoms in total. The zero-order valence-corrected chi connectivity index (χ0v) is 20.7.